The molecule has 1 heterocycles. The van der Waals surface area contributed by atoms with E-state index in [1.165, 1.54) is 0 Å². The van der Waals surface area contributed by atoms with Crippen molar-refractivity contribution in [2.75, 3.05) is 19.7 Å². The third kappa shape index (κ3) is 1.95. The van der Waals surface area contributed by atoms with Gasteiger partial charge in [0.1, 0.15) is 0 Å². The van der Waals surface area contributed by atoms with E-state index in [9.17, 15) is 0 Å². The molecule has 0 N–H and O–H groups in total. The van der Waals surface area contributed by atoms with Crippen LogP contribution < -0.4 is 5.32 Å². The molecule has 0 aromatic heterocycles. The molecule has 0 bridgehead atoms. The molecule has 1 aliphatic rings. The Morgan fingerprint density at radius 3 is 2.67 bits per heavy atom. The largest absolute Gasteiger partial charge is 0.375 e. The lowest BCUT2D eigenvalue weighted by molar-refractivity contribution is -0.000940. The summed E-state index contributed by atoms with van der Waals surface area (Å²) in [6.45, 7) is 6.96. The van der Waals surface area contributed by atoms with Crippen LogP contribution in [-0.2, 0) is 4.74 Å². The van der Waals surface area contributed by atoms with E-state index in [4.69, 9.17) is 4.74 Å². The number of ether oxygens (including phenoxy) is 1. The predicted molar refractivity (Wildman–Crippen MR) is 36.4 cm³/mol. The maximum atomic E-state index is 5.45. The van der Waals surface area contributed by atoms with E-state index in [1.807, 2.05) is 0 Å². The van der Waals surface area contributed by atoms with E-state index in [-0.39, 0.29) is 0 Å². The van der Waals surface area contributed by atoms with Gasteiger partial charge in [0.15, 0.2) is 0 Å². The topological polar surface area (TPSA) is 23.3 Å². The number of morpholine rings is 1. The first-order valence-corrected chi connectivity index (χ1v) is 3.55. The van der Waals surface area contributed by atoms with Crippen LogP contribution >= 0.6 is 0 Å². The fourth-order valence-electron chi connectivity index (χ4n) is 0.943. The van der Waals surface area contributed by atoms with Crippen LogP contribution in [0.3, 0.4) is 0 Å². The summed E-state index contributed by atoms with van der Waals surface area (Å²) < 4.78 is 5.45. The van der Waals surface area contributed by atoms with Crippen LogP contribution in [0.2, 0.25) is 0 Å². The monoisotopic (exact) mass is 128 g/mol. The molecular weight excluding hydrogens is 114 g/mol. The smallest absolute Gasteiger partial charge is 0.0739 e. The molecule has 1 atom stereocenters. The van der Waals surface area contributed by atoms with Crippen molar-refractivity contribution >= 4 is 0 Å². The molecular formula is C7H14NO. The Labute approximate surface area is 56.6 Å². The van der Waals surface area contributed by atoms with Gasteiger partial charge in [-0.3, -0.25) is 0 Å². The summed E-state index contributed by atoms with van der Waals surface area (Å²) in [7, 11) is 0. The first kappa shape index (κ1) is 7.03. The zero-order valence-corrected chi connectivity index (χ0v) is 6.13. The zero-order chi connectivity index (χ0) is 6.69. The van der Waals surface area contributed by atoms with Gasteiger partial charge in [0.25, 0.3) is 0 Å². The summed E-state index contributed by atoms with van der Waals surface area (Å²) in [6.07, 6.45) is 0.388. The van der Waals surface area contributed by atoms with Crippen LogP contribution in [0.5, 0.6) is 0 Å². The van der Waals surface area contributed by atoms with Gasteiger partial charge in [-0.25, -0.2) is 5.32 Å². The van der Waals surface area contributed by atoms with Crippen molar-refractivity contribution in [1.29, 1.82) is 0 Å². The third-order valence-electron chi connectivity index (χ3n) is 1.63. The van der Waals surface area contributed by atoms with Gasteiger partial charge in [0, 0.05) is 13.1 Å². The average molecular weight is 128 g/mol. The van der Waals surface area contributed by atoms with E-state index in [0.29, 0.717) is 12.0 Å². The summed E-state index contributed by atoms with van der Waals surface area (Å²) in [5, 5.41) is 4.25. The Kier molecular flexibility index (Phi) is 2.49. The summed E-state index contributed by atoms with van der Waals surface area (Å²) in [5.74, 6) is 0.619. The molecule has 9 heavy (non-hydrogen) atoms. The highest BCUT2D eigenvalue weighted by molar-refractivity contribution is 4.68. The molecule has 0 saturated carbocycles. The van der Waals surface area contributed by atoms with Crippen LogP contribution in [-0.4, -0.2) is 25.8 Å². The minimum atomic E-state index is 0.388. The van der Waals surface area contributed by atoms with E-state index in [0.717, 1.165) is 19.7 Å². The van der Waals surface area contributed by atoms with Crippen molar-refractivity contribution in [2.24, 2.45) is 5.92 Å². The average Bonchev–Trinajstić information content (AvgIpc) is 1.90. The Morgan fingerprint density at radius 1 is 1.56 bits per heavy atom. The molecule has 0 aliphatic carbocycles. The lowest BCUT2D eigenvalue weighted by Crippen LogP contribution is -2.37. The molecule has 2 nitrogen and oxygen atoms in total. The fourth-order valence-corrected chi connectivity index (χ4v) is 0.943. The molecule has 0 spiro atoms. The minimum Gasteiger partial charge on any atom is -0.375 e. The molecule has 53 valence electrons. The first-order chi connectivity index (χ1) is 4.30. The van der Waals surface area contributed by atoms with Gasteiger partial charge >= 0.3 is 0 Å². The van der Waals surface area contributed by atoms with Gasteiger partial charge in [-0.15, -0.1) is 0 Å². The van der Waals surface area contributed by atoms with E-state index in [2.05, 4.69) is 19.2 Å². The van der Waals surface area contributed by atoms with Crippen LogP contribution in [0.4, 0.5) is 0 Å². The van der Waals surface area contributed by atoms with E-state index < -0.39 is 0 Å². The summed E-state index contributed by atoms with van der Waals surface area (Å²) in [4.78, 5) is 0. The summed E-state index contributed by atoms with van der Waals surface area (Å²) >= 11 is 0. The molecule has 2 heteroatoms. The second kappa shape index (κ2) is 3.18. The van der Waals surface area contributed by atoms with Gasteiger partial charge in [-0.05, 0) is 5.92 Å². The van der Waals surface area contributed by atoms with Crippen molar-refractivity contribution in [3.05, 3.63) is 0 Å². The van der Waals surface area contributed by atoms with Gasteiger partial charge in [-0.1, -0.05) is 13.8 Å². The molecule has 1 unspecified atom stereocenters. The third-order valence-corrected chi connectivity index (χ3v) is 1.63. The van der Waals surface area contributed by atoms with Gasteiger partial charge in [-0.2, -0.15) is 0 Å². The van der Waals surface area contributed by atoms with Gasteiger partial charge < -0.3 is 4.74 Å². The molecule has 1 rings (SSSR count). The molecule has 0 aromatic rings. The second-order valence-electron chi connectivity index (χ2n) is 2.78. The lowest BCUT2D eigenvalue weighted by Gasteiger charge is -2.25. The van der Waals surface area contributed by atoms with Crippen LogP contribution in [0.25, 0.3) is 0 Å². The Hall–Kier alpha value is -0.0800. The van der Waals surface area contributed by atoms with E-state index in [1.54, 1.807) is 0 Å². The highest BCUT2D eigenvalue weighted by Gasteiger charge is 2.16. The van der Waals surface area contributed by atoms with Gasteiger partial charge in [0.05, 0.1) is 12.7 Å². The van der Waals surface area contributed by atoms with Crippen LogP contribution in [0.1, 0.15) is 13.8 Å². The predicted octanol–water partition coefficient (Wildman–Crippen LogP) is 0.646. The maximum Gasteiger partial charge on any atom is 0.0739 e. The Morgan fingerprint density at radius 2 is 2.33 bits per heavy atom. The van der Waals surface area contributed by atoms with Crippen molar-refractivity contribution in [3.63, 3.8) is 0 Å². The quantitative estimate of drug-likeness (QED) is 0.508. The summed E-state index contributed by atoms with van der Waals surface area (Å²) in [5.41, 5.74) is 0. The molecule has 0 aromatic carbocycles. The number of nitrogens with zero attached hydrogens (tertiary/aromatic N) is 1. The molecule has 0 amide bonds. The van der Waals surface area contributed by atoms with Crippen LogP contribution in [0, 0.1) is 5.92 Å². The number of hydrogen-bond donors (Lipinski definition) is 0. The van der Waals surface area contributed by atoms with Crippen molar-refractivity contribution in [3.8, 4) is 0 Å². The fraction of sp³-hybridized carbons (Fsp3) is 1.00. The van der Waals surface area contributed by atoms with Crippen molar-refractivity contribution < 1.29 is 4.74 Å². The van der Waals surface area contributed by atoms with Gasteiger partial charge in [0.2, 0.25) is 0 Å². The molecule has 1 aliphatic heterocycles. The van der Waals surface area contributed by atoms with Crippen molar-refractivity contribution in [2.45, 2.75) is 20.0 Å². The zero-order valence-electron chi connectivity index (χ0n) is 6.13. The minimum absolute atomic E-state index is 0.388. The normalized spacial score (nSPS) is 29.0. The lowest BCUT2D eigenvalue weighted by atomic mass is 10.1. The van der Waals surface area contributed by atoms with E-state index >= 15 is 0 Å². The SMILES string of the molecule is CC(C)C1C[N]CCO1. The Balaban J connectivity index is 2.23. The highest BCUT2D eigenvalue weighted by Crippen LogP contribution is 2.07. The van der Waals surface area contributed by atoms with Crippen LogP contribution in [0.15, 0.2) is 0 Å². The second-order valence-corrected chi connectivity index (χ2v) is 2.78. The number of rotatable bonds is 1. The van der Waals surface area contributed by atoms with Crippen molar-refractivity contribution in [1.82, 2.24) is 5.32 Å². The summed E-state index contributed by atoms with van der Waals surface area (Å²) in [6, 6.07) is 0. The number of hydrogen-bond acceptors (Lipinski definition) is 1. The maximum absolute atomic E-state index is 5.45. The molecule has 1 fully saturated rings. The molecule has 1 radical (unpaired) electrons. The standard InChI is InChI=1S/C7H14NO/c1-6(2)7-5-8-3-4-9-7/h6-7H,3-5H2,1-2H3. The first-order valence-electron chi connectivity index (χ1n) is 3.55. The highest BCUT2D eigenvalue weighted by atomic mass is 16.5. The molecule has 1 saturated heterocycles. The Bertz CT molecular complexity index is 77.0.